The van der Waals surface area contributed by atoms with Crippen LogP contribution >= 0.6 is 22.7 Å². The number of thiophene rings is 1. The van der Waals surface area contributed by atoms with Crippen molar-refractivity contribution in [3.05, 3.63) is 52.3 Å². The molecule has 0 spiro atoms. The van der Waals surface area contributed by atoms with Crippen LogP contribution < -0.4 is 10.6 Å². The minimum atomic E-state index is -1.01. The number of aromatic nitrogens is 3. The molecule has 10 heteroatoms. The third kappa shape index (κ3) is 4.44. The maximum atomic E-state index is 10.6. The van der Waals surface area contributed by atoms with Crippen LogP contribution in [0.2, 0.25) is 0 Å². The summed E-state index contributed by atoms with van der Waals surface area (Å²) in [5.41, 5.74) is 3.57. The summed E-state index contributed by atoms with van der Waals surface area (Å²) >= 11 is 3.19. The number of hydrogen-bond donors (Lipinski definition) is 5. The number of para-hydroxylation sites is 1. The van der Waals surface area contributed by atoms with E-state index in [9.17, 15) is 15.3 Å². The van der Waals surface area contributed by atoms with Crippen molar-refractivity contribution in [2.75, 3.05) is 17.2 Å². The van der Waals surface area contributed by atoms with E-state index in [1.54, 1.807) is 22.7 Å². The fourth-order valence-electron chi connectivity index (χ4n) is 4.19. The minimum absolute atomic E-state index is 0.183. The lowest BCUT2D eigenvalue weighted by Gasteiger charge is -2.21. The molecule has 172 valence electrons. The number of aryl methyl sites for hydroxylation is 1. The molecule has 3 heterocycles. The van der Waals surface area contributed by atoms with E-state index in [0.29, 0.717) is 24.7 Å². The lowest BCUT2D eigenvalue weighted by Crippen LogP contribution is -2.35. The Balaban J connectivity index is 1.52. The zero-order chi connectivity index (χ0) is 22.9. The molecule has 33 heavy (non-hydrogen) atoms. The summed E-state index contributed by atoms with van der Waals surface area (Å²) in [5, 5.41) is 41.9. The Morgan fingerprint density at radius 3 is 2.67 bits per heavy atom. The van der Waals surface area contributed by atoms with Gasteiger partial charge in [-0.2, -0.15) is 16.3 Å². The van der Waals surface area contributed by atoms with Gasteiger partial charge in [0.1, 0.15) is 16.9 Å². The molecule has 3 aromatic heterocycles. The normalized spacial score (nSPS) is 22.7. The van der Waals surface area contributed by atoms with Gasteiger partial charge in [-0.3, -0.25) is 0 Å². The first-order chi connectivity index (χ1) is 16.0. The van der Waals surface area contributed by atoms with E-state index in [-0.39, 0.29) is 12.5 Å². The van der Waals surface area contributed by atoms with Crippen LogP contribution in [0.1, 0.15) is 17.7 Å². The molecular weight excluding hydrogens is 458 g/mol. The van der Waals surface area contributed by atoms with Gasteiger partial charge in [0.15, 0.2) is 0 Å². The number of thiazole rings is 1. The molecule has 1 aromatic carbocycles. The number of aliphatic hydroxyl groups is 3. The second-order valence-electron chi connectivity index (χ2n) is 8.24. The third-order valence-electron chi connectivity index (χ3n) is 5.99. The largest absolute Gasteiger partial charge is 0.396 e. The summed E-state index contributed by atoms with van der Waals surface area (Å²) in [6.45, 7) is 2.33. The smallest absolute Gasteiger partial charge is 0.225 e. The summed E-state index contributed by atoms with van der Waals surface area (Å²) in [4.78, 5) is 14.2. The number of hydrogen-bond acceptors (Lipinski definition) is 10. The monoisotopic (exact) mass is 483 g/mol. The molecule has 5 N–H and O–H groups in total. The SMILES string of the molecule is Cc1nc(NCc2ccsc2)nc(N[C@@H]2C[C@H](CO)[C@@H](O)[C@H]2O)c1-c1nc2ccccc2s1. The minimum Gasteiger partial charge on any atom is -0.396 e. The molecule has 1 aliphatic rings. The summed E-state index contributed by atoms with van der Waals surface area (Å²) in [6, 6.07) is 9.53. The highest BCUT2D eigenvalue weighted by molar-refractivity contribution is 7.21. The molecule has 1 saturated carbocycles. The van der Waals surface area contributed by atoms with E-state index in [1.807, 2.05) is 42.6 Å². The molecule has 1 fully saturated rings. The second-order valence-corrected chi connectivity index (χ2v) is 10.0. The van der Waals surface area contributed by atoms with Crippen LogP contribution in [0.3, 0.4) is 0 Å². The Morgan fingerprint density at radius 2 is 1.94 bits per heavy atom. The first-order valence-corrected chi connectivity index (χ1v) is 12.5. The van der Waals surface area contributed by atoms with E-state index in [2.05, 4.69) is 21.0 Å². The van der Waals surface area contributed by atoms with Crippen LogP contribution in [-0.4, -0.2) is 55.1 Å². The van der Waals surface area contributed by atoms with Crippen molar-refractivity contribution in [2.24, 2.45) is 5.92 Å². The van der Waals surface area contributed by atoms with Crippen LogP contribution in [0.15, 0.2) is 41.1 Å². The second kappa shape index (κ2) is 9.32. The van der Waals surface area contributed by atoms with Crippen molar-refractivity contribution in [3.63, 3.8) is 0 Å². The van der Waals surface area contributed by atoms with E-state index in [4.69, 9.17) is 9.97 Å². The third-order valence-corrected chi connectivity index (χ3v) is 7.77. The molecule has 1 aliphatic carbocycles. The molecule has 0 aliphatic heterocycles. The number of nitrogens with one attached hydrogen (secondary N) is 2. The van der Waals surface area contributed by atoms with Gasteiger partial charge in [-0.05, 0) is 47.9 Å². The maximum absolute atomic E-state index is 10.6. The van der Waals surface area contributed by atoms with Gasteiger partial charge in [0, 0.05) is 19.1 Å². The van der Waals surface area contributed by atoms with E-state index >= 15 is 0 Å². The fraction of sp³-hybridized carbons (Fsp3) is 0.348. The van der Waals surface area contributed by atoms with Crippen LogP contribution in [0.5, 0.6) is 0 Å². The Hall–Kier alpha value is -2.63. The quantitative estimate of drug-likeness (QED) is 0.271. The Morgan fingerprint density at radius 1 is 1.09 bits per heavy atom. The topological polar surface area (TPSA) is 123 Å². The summed E-state index contributed by atoms with van der Waals surface area (Å²) in [6.07, 6.45) is -1.57. The van der Waals surface area contributed by atoms with E-state index in [0.717, 1.165) is 32.0 Å². The number of rotatable bonds is 7. The first-order valence-electron chi connectivity index (χ1n) is 10.8. The van der Waals surface area contributed by atoms with Crippen LogP contribution in [0.25, 0.3) is 20.8 Å². The Labute approximate surface area is 199 Å². The van der Waals surface area contributed by atoms with Crippen LogP contribution in [0.4, 0.5) is 11.8 Å². The molecule has 4 atom stereocenters. The van der Waals surface area contributed by atoms with E-state index < -0.39 is 18.2 Å². The lowest BCUT2D eigenvalue weighted by molar-refractivity contribution is 0.00446. The van der Waals surface area contributed by atoms with Gasteiger partial charge in [0.25, 0.3) is 0 Å². The van der Waals surface area contributed by atoms with Gasteiger partial charge in [-0.1, -0.05) is 12.1 Å². The lowest BCUT2D eigenvalue weighted by atomic mass is 10.1. The van der Waals surface area contributed by atoms with Gasteiger partial charge in [0.05, 0.1) is 33.6 Å². The van der Waals surface area contributed by atoms with Crippen LogP contribution in [-0.2, 0) is 6.54 Å². The van der Waals surface area contributed by atoms with Gasteiger partial charge in [-0.15, -0.1) is 11.3 Å². The number of fused-ring (bicyclic) bond motifs is 1. The number of aliphatic hydroxyl groups excluding tert-OH is 3. The predicted octanol–water partition coefficient (Wildman–Crippen LogP) is 3.25. The number of benzene rings is 1. The van der Waals surface area contributed by atoms with Gasteiger partial charge in [-0.25, -0.2) is 9.97 Å². The Kier molecular flexibility index (Phi) is 6.26. The van der Waals surface area contributed by atoms with Crippen molar-refractivity contribution in [2.45, 2.75) is 38.1 Å². The average Bonchev–Trinajstić information content (AvgIpc) is 3.53. The highest BCUT2D eigenvalue weighted by Gasteiger charge is 2.41. The predicted molar refractivity (Wildman–Crippen MR) is 132 cm³/mol. The molecule has 0 radical (unpaired) electrons. The zero-order valence-corrected chi connectivity index (χ0v) is 19.6. The maximum Gasteiger partial charge on any atom is 0.225 e. The standard InChI is InChI=1S/C23H25N5O3S2/c1-12-18(22-27-15-4-2-3-5-17(15)33-22)21(26-16-8-14(10-29)19(30)20(16)31)28-23(25-12)24-9-13-6-7-32-11-13/h2-7,11,14,16,19-20,29-31H,8-10H2,1H3,(H2,24,25,26,28)/t14-,16-,19-,20+/m1/s1. The fourth-order valence-corrected chi connectivity index (χ4v) is 5.92. The molecule has 0 bridgehead atoms. The van der Waals surface area contributed by atoms with Crippen molar-refractivity contribution in [3.8, 4) is 10.6 Å². The number of nitrogens with zero attached hydrogens (tertiary/aromatic N) is 3. The molecule has 4 aromatic rings. The molecule has 0 unspecified atom stereocenters. The summed E-state index contributed by atoms with van der Waals surface area (Å²) in [7, 11) is 0. The Bertz CT molecular complexity index is 1210. The van der Waals surface area contributed by atoms with Gasteiger partial charge >= 0.3 is 0 Å². The van der Waals surface area contributed by atoms with Crippen LogP contribution in [0, 0.1) is 12.8 Å². The van der Waals surface area contributed by atoms with Crippen molar-refractivity contribution < 1.29 is 15.3 Å². The summed E-state index contributed by atoms with van der Waals surface area (Å²) < 4.78 is 1.06. The average molecular weight is 484 g/mol. The van der Waals surface area contributed by atoms with Crippen molar-refractivity contribution >= 4 is 44.7 Å². The zero-order valence-electron chi connectivity index (χ0n) is 18.0. The first kappa shape index (κ1) is 22.2. The van der Waals surface area contributed by atoms with Crippen molar-refractivity contribution in [1.82, 2.24) is 15.0 Å². The van der Waals surface area contributed by atoms with Gasteiger partial charge < -0.3 is 26.0 Å². The van der Waals surface area contributed by atoms with Gasteiger partial charge in [0.2, 0.25) is 5.95 Å². The number of anilines is 2. The summed E-state index contributed by atoms with van der Waals surface area (Å²) in [5.74, 6) is 0.629. The molecule has 0 amide bonds. The molecule has 5 rings (SSSR count). The molecule has 0 saturated heterocycles. The van der Waals surface area contributed by atoms with E-state index in [1.165, 1.54) is 0 Å². The molecule has 8 nitrogen and oxygen atoms in total. The van der Waals surface area contributed by atoms with Crippen molar-refractivity contribution in [1.29, 1.82) is 0 Å². The molecular formula is C23H25N5O3S2. The highest BCUT2D eigenvalue weighted by Crippen LogP contribution is 2.38. The highest BCUT2D eigenvalue weighted by atomic mass is 32.1.